The predicted octanol–water partition coefficient (Wildman–Crippen LogP) is 0.496. The average Bonchev–Trinajstić information content (AvgIpc) is 3.21. The standard InChI is InChI=1S/C16H20N8O/c1-22-8-13(19-10-22)16(25)21-11-4-3-5-24(7-11)15-12-6-20-23(2)14(12)17-9-18-15/h6,8-11H,3-5,7H2,1-2H3,(H,21,25). The van der Waals surface area contributed by atoms with Crippen molar-refractivity contribution in [2.45, 2.75) is 18.9 Å². The number of aromatic nitrogens is 6. The minimum absolute atomic E-state index is 0.0601. The minimum Gasteiger partial charge on any atom is -0.354 e. The molecule has 1 atom stereocenters. The van der Waals surface area contributed by atoms with Gasteiger partial charge in [0.2, 0.25) is 0 Å². The molecule has 1 amide bonds. The lowest BCUT2D eigenvalue weighted by Gasteiger charge is -2.34. The largest absolute Gasteiger partial charge is 0.354 e. The monoisotopic (exact) mass is 340 g/mol. The fourth-order valence-electron chi connectivity index (χ4n) is 3.28. The van der Waals surface area contributed by atoms with Gasteiger partial charge in [-0.15, -0.1) is 0 Å². The molecule has 1 aliphatic heterocycles. The fraction of sp³-hybridized carbons (Fsp3) is 0.438. The van der Waals surface area contributed by atoms with E-state index >= 15 is 0 Å². The molecule has 130 valence electrons. The Morgan fingerprint density at radius 1 is 1.28 bits per heavy atom. The van der Waals surface area contributed by atoms with Gasteiger partial charge >= 0.3 is 0 Å². The number of fused-ring (bicyclic) bond motifs is 1. The molecule has 0 radical (unpaired) electrons. The highest BCUT2D eigenvalue weighted by atomic mass is 16.2. The number of rotatable bonds is 3. The van der Waals surface area contributed by atoms with E-state index in [2.05, 4.69) is 30.3 Å². The van der Waals surface area contributed by atoms with Crippen molar-refractivity contribution < 1.29 is 4.79 Å². The summed E-state index contributed by atoms with van der Waals surface area (Å²) in [6.07, 6.45) is 8.63. The van der Waals surface area contributed by atoms with Gasteiger partial charge in [0.25, 0.3) is 5.91 Å². The van der Waals surface area contributed by atoms with E-state index in [-0.39, 0.29) is 11.9 Å². The SMILES string of the molecule is Cn1cnc(C(=O)NC2CCCN(c3ncnc4c3cnn4C)C2)c1. The Balaban J connectivity index is 1.51. The van der Waals surface area contributed by atoms with Crippen LogP contribution in [-0.4, -0.2) is 54.3 Å². The second-order valence-corrected chi connectivity index (χ2v) is 6.39. The van der Waals surface area contributed by atoms with Crippen molar-refractivity contribution in [3.05, 3.63) is 30.7 Å². The zero-order valence-electron chi connectivity index (χ0n) is 14.3. The lowest BCUT2D eigenvalue weighted by Crippen LogP contribution is -2.48. The number of hydrogen-bond donors (Lipinski definition) is 1. The fourth-order valence-corrected chi connectivity index (χ4v) is 3.28. The highest BCUT2D eigenvalue weighted by Crippen LogP contribution is 2.25. The molecule has 0 spiro atoms. The molecule has 25 heavy (non-hydrogen) atoms. The number of piperidine rings is 1. The van der Waals surface area contributed by atoms with Gasteiger partial charge < -0.3 is 14.8 Å². The highest BCUT2D eigenvalue weighted by Gasteiger charge is 2.25. The van der Waals surface area contributed by atoms with Gasteiger partial charge in [-0.25, -0.2) is 15.0 Å². The molecule has 4 heterocycles. The normalized spacial score (nSPS) is 17.8. The Labute approximate surface area is 144 Å². The maximum atomic E-state index is 12.3. The van der Waals surface area contributed by atoms with Crippen molar-refractivity contribution in [1.29, 1.82) is 0 Å². The molecule has 4 rings (SSSR count). The van der Waals surface area contributed by atoms with E-state index in [1.807, 2.05) is 14.1 Å². The summed E-state index contributed by atoms with van der Waals surface area (Å²) in [6, 6.07) is 0.0601. The van der Waals surface area contributed by atoms with Gasteiger partial charge in [0.15, 0.2) is 5.65 Å². The molecule has 1 aliphatic rings. The van der Waals surface area contributed by atoms with Crippen LogP contribution in [0.15, 0.2) is 25.0 Å². The van der Waals surface area contributed by atoms with Crippen molar-refractivity contribution in [3.8, 4) is 0 Å². The zero-order valence-corrected chi connectivity index (χ0v) is 14.3. The molecule has 1 unspecified atom stereocenters. The third-order valence-electron chi connectivity index (χ3n) is 4.50. The van der Waals surface area contributed by atoms with Crippen LogP contribution in [0.2, 0.25) is 0 Å². The van der Waals surface area contributed by atoms with Gasteiger partial charge in [0.05, 0.1) is 17.9 Å². The Kier molecular flexibility index (Phi) is 3.83. The Morgan fingerprint density at radius 2 is 2.16 bits per heavy atom. The van der Waals surface area contributed by atoms with E-state index in [1.165, 1.54) is 0 Å². The third-order valence-corrected chi connectivity index (χ3v) is 4.50. The summed E-state index contributed by atoms with van der Waals surface area (Å²) in [7, 11) is 3.71. The molecule has 3 aromatic rings. The number of nitrogens with one attached hydrogen (secondary N) is 1. The maximum Gasteiger partial charge on any atom is 0.271 e. The molecule has 1 saturated heterocycles. The summed E-state index contributed by atoms with van der Waals surface area (Å²) < 4.78 is 3.51. The van der Waals surface area contributed by atoms with Crippen molar-refractivity contribution in [2.24, 2.45) is 14.1 Å². The van der Waals surface area contributed by atoms with E-state index in [0.29, 0.717) is 12.2 Å². The Bertz CT molecular complexity index is 914. The molecule has 1 fully saturated rings. The van der Waals surface area contributed by atoms with Crippen LogP contribution in [0.4, 0.5) is 5.82 Å². The number of hydrogen-bond acceptors (Lipinski definition) is 6. The van der Waals surface area contributed by atoms with Crippen LogP contribution in [0.5, 0.6) is 0 Å². The molecular formula is C16H20N8O. The van der Waals surface area contributed by atoms with Gasteiger partial charge in [-0.1, -0.05) is 0 Å². The van der Waals surface area contributed by atoms with Gasteiger partial charge in [-0.05, 0) is 12.8 Å². The summed E-state index contributed by atoms with van der Waals surface area (Å²) >= 11 is 0. The second-order valence-electron chi connectivity index (χ2n) is 6.39. The maximum absolute atomic E-state index is 12.3. The van der Waals surface area contributed by atoms with Crippen LogP contribution in [0.25, 0.3) is 11.0 Å². The van der Waals surface area contributed by atoms with Crippen molar-refractivity contribution in [3.63, 3.8) is 0 Å². The first-order valence-corrected chi connectivity index (χ1v) is 8.28. The van der Waals surface area contributed by atoms with Gasteiger partial charge in [0, 0.05) is 39.4 Å². The molecular weight excluding hydrogens is 320 g/mol. The minimum atomic E-state index is -0.137. The summed E-state index contributed by atoms with van der Waals surface area (Å²) in [5.41, 5.74) is 1.25. The van der Waals surface area contributed by atoms with Crippen LogP contribution < -0.4 is 10.2 Å². The number of amides is 1. The number of carbonyl (C=O) groups excluding carboxylic acids is 1. The van der Waals surface area contributed by atoms with E-state index in [9.17, 15) is 4.79 Å². The lowest BCUT2D eigenvalue weighted by molar-refractivity contribution is 0.0928. The van der Waals surface area contributed by atoms with Gasteiger partial charge in [0.1, 0.15) is 17.8 Å². The molecule has 1 N–H and O–H groups in total. The smallest absolute Gasteiger partial charge is 0.271 e. The number of aryl methyl sites for hydroxylation is 2. The van der Waals surface area contributed by atoms with Crippen molar-refractivity contribution >= 4 is 22.8 Å². The summed E-state index contributed by atoms with van der Waals surface area (Å²) in [5, 5.41) is 8.28. The molecule has 3 aromatic heterocycles. The quantitative estimate of drug-likeness (QED) is 0.746. The average molecular weight is 340 g/mol. The summed E-state index contributed by atoms with van der Waals surface area (Å²) in [5.74, 6) is 0.733. The molecule has 0 aliphatic carbocycles. The van der Waals surface area contributed by atoms with Crippen LogP contribution in [0, 0.1) is 0 Å². The number of carbonyl (C=O) groups is 1. The molecule has 0 bridgehead atoms. The second kappa shape index (κ2) is 6.15. The van der Waals surface area contributed by atoms with Crippen LogP contribution in [0.1, 0.15) is 23.3 Å². The first kappa shape index (κ1) is 15.6. The van der Waals surface area contributed by atoms with Crippen LogP contribution in [0.3, 0.4) is 0 Å². The first-order chi connectivity index (χ1) is 12.1. The number of anilines is 1. The molecule has 9 nitrogen and oxygen atoms in total. The van der Waals surface area contributed by atoms with Gasteiger partial charge in [-0.2, -0.15) is 5.10 Å². The summed E-state index contributed by atoms with van der Waals surface area (Å²) in [4.78, 5) is 27.4. The third kappa shape index (κ3) is 2.92. The number of nitrogens with zero attached hydrogens (tertiary/aromatic N) is 7. The van der Waals surface area contributed by atoms with Gasteiger partial charge in [-0.3, -0.25) is 9.48 Å². The molecule has 0 aromatic carbocycles. The predicted molar refractivity (Wildman–Crippen MR) is 92.2 cm³/mol. The highest BCUT2D eigenvalue weighted by molar-refractivity contribution is 5.92. The van der Waals surface area contributed by atoms with E-state index in [0.717, 1.165) is 36.2 Å². The molecule has 9 heteroatoms. The Hall–Kier alpha value is -2.97. The lowest BCUT2D eigenvalue weighted by atomic mass is 10.1. The van der Waals surface area contributed by atoms with Crippen molar-refractivity contribution in [2.75, 3.05) is 18.0 Å². The Morgan fingerprint density at radius 3 is 2.96 bits per heavy atom. The van der Waals surface area contributed by atoms with Crippen LogP contribution >= 0.6 is 0 Å². The van der Waals surface area contributed by atoms with E-state index < -0.39 is 0 Å². The van der Waals surface area contributed by atoms with E-state index in [4.69, 9.17) is 0 Å². The van der Waals surface area contributed by atoms with Crippen LogP contribution in [-0.2, 0) is 14.1 Å². The van der Waals surface area contributed by atoms with E-state index in [1.54, 1.807) is 34.3 Å². The summed E-state index contributed by atoms with van der Waals surface area (Å²) in [6.45, 7) is 1.61. The topological polar surface area (TPSA) is 93.8 Å². The zero-order chi connectivity index (χ0) is 17.4. The molecule has 0 saturated carbocycles. The number of imidazole rings is 1. The van der Waals surface area contributed by atoms with Crippen molar-refractivity contribution in [1.82, 2.24) is 34.6 Å². The first-order valence-electron chi connectivity index (χ1n) is 8.28.